The maximum Gasteiger partial charge on any atom is 0.333 e. The normalized spacial score (nSPS) is 9.26. The first-order valence-electron chi connectivity index (χ1n) is 10.4. The predicted molar refractivity (Wildman–Crippen MR) is 128 cm³/mol. The molecule has 2 N–H and O–H groups in total. The Morgan fingerprint density at radius 1 is 0.429 bits per heavy atom. The molecule has 0 aliphatic carbocycles. The molecular formula is C24H38O11. The van der Waals surface area contributed by atoms with Crippen molar-refractivity contribution >= 4 is 23.9 Å². The Hall–Kier alpha value is -3.28. The molecule has 0 aliphatic heterocycles. The van der Waals surface area contributed by atoms with Gasteiger partial charge < -0.3 is 33.9 Å². The Kier molecular flexibility index (Phi) is 23.3. The fourth-order valence-electron chi connectivity index (χ4n) is 1.47. The first-order chi connectivity index (χ1) is 15.9. The van der Waals surface area contributed by atoms with Gasteiger partial charge in [0.15, 0.2) is 0 Å². The smallest absolute Gasteiger partial charge is 0.333 e. The van der Waals surface area contributed by atoms with Crippen molar-refractivity contribution in [1.82, 2.24) is 0 Å². The maximum atomic E-state index is 10.9. The van der Waals surface area contributed by atoms with E-state index in [1.54, 1.807) is 27.7 Å². The van der Waals surface area contributed by atoms with Gasteiger partial charge in [0.1, 0.15) is 26.4 Å². The Morgan fingerprint density at radius 3 is 0.743 bits per heavy atom. The monoisotopic (exact) mass is 502 g/mol. The van der Waals surface area contributed by atoms with E-state index in [-0.39, 0.29) is 58.3 Å². The number of esters is 4. The largest absolute Gasteiger partial charge is 0.460 e. The Bertz CT molecular complexity index is 616. The summed E-state index contributed by atoms with van der Waals surface area (Å²) in [6, 6.07) is 0. The maximum absolute atomic E-state index is 10.9. The topological polar surface area (TPSA) is 155 Å². The summed E-state index contributed by atoms with van der Waals surface area (Å²) in [6.07, 6.45) is 0. The van der Waals surface area contributed by atoms with Crippen LogP contribution in [0.2, 0.25) is 0 Å². The van der Waals surface area contributed by atoms with Crippen LogP contribution in [0.1, 0.15) is 27.7 Å². The average Bonchev–Trinajstić information content (AvgIpc) is 2.77. The van der Waals surface area contributed by atoms with Crippen molar-refractivity contribution < 1.29 is 53.1 Å². The highest BCUT2D eigenvalue weighted by Gasteiger charge is 2.05. The molecule has 0 rings (SSSR count). The van der Waals surface area contributed by atoms with E-state index in [1.165, 1.54) is 0 Å². The molecule has 0 heterocycles. The number of carbonyl (C=O) groups is 4. The lowest BCUT2D eigenvalue weighted by molar-refractivity contribution is -0.143. The molecule has 0 radical (unpaired) electrons. The minimum Gasteiger partial charge on any atom is -0.460 e. The van der Waals surface area contributed by atoms with Gasteiger partial charge in [-0.25, -0.2) is 19.2 Å². The van der Waals surface area contributed by atoms with Crippen LogP contribution in [0.15, 0.2) is 48.6 Å². The molecule has 35 heavy (non-hydrogen) atoms. The highest BCUT2D eigenvalue weighted by molar-refractivity contribution is 5.88. The van der Waals surface area contributed by atoms with Gasteiger partial charge >= 0.3 is 23.9 Å². The van der Waals surface area contributed by atoms with E-state index < -0.39 is 23.9 Å². The summed E-state index contributed by atoms with van der Waals surface area (Å²) in [4.78, 5) is 43.8. The molecule has 0 fully saturated rings. The predicted octanol–water partition coefficient (Wildman–Crippen LogP) is 1.66. The molecule has 0 amide bonds. The summed E-state index contributed by atoms with van der Waals surface area (Å²) in [5.74, 6) is -1.77. The first-order valence-corrected chi connectivity index (χ1v) is 10.4. The molecular weight excluding hydrogens is 464 g/mol. The van der Waals surface area contributed by atoms with Crippen molar-refractivity contribution in [1.29, 1.82) is 0 Å². The van der Waals surface area contributed by atoms with Crippen molar-refractivity contribution in [2.45, 2.75) is 27.7 Å². The highest BCUT2D eigenvalue weighted by Crippen LogP contribution is 1.94. The minimum absolute atomic E-state index is 0. The number of ether oxygens (including phenoxy) is 6. The number of rotatable bonds is 16. The van der Waals surface area contributed by atoms with Crippen LogP contribution in [0.4, 0.5) is 0 Å². The van der Waals surface area contributed by atoms with Crippen LogP contribution in [-0.2, 0) is 47.6 Å². The van der Waals surface area contributed by atoms with Gasteiger partial charge in [-0.2, -0.15) is 0 Å². The van der Waals surface area contributed by atoms with Crippen LogP contribution in [-0.4, -0.2) is 82.2 Å². The summed E-state index contributed by atoms with van der Waals surface area (Å²) < 4.78 is 29.3. The molecule has 0 aliphatic rings. The minimum atomic E-state index is -0.442. The zero-order valence-corrected chi connectivity index (χ0v) is 21.1. The van der Waals surface area contributed by atoms with Crippen molar-refractivity contribution in [3.05, 3.63) is 48.6 Å². The second kappa shape index (κ2) is 22.5. The van der Waals surface area contributed by atoms with E-state index in [1.807, 2.05) is 0 Å². The molecule has 0 saturated heterocycles. The molecule has 11 heteroatoms. The molecule has 0 unspecified atom stereocenters. The van der Waals surface area contributed by atoms with E-state index in [2.05, 4.69) is 26.3 Å². The van der Waals surface area contributed by atoms with Gasteiger partial charge in [0.05, 0.1) is 26.4 Å². The third-order valence-electron chi connectivity index (χ3n) is 3.24. The van der Waals surface area contributed by atoms with Gasteiger partial charge in [0.2, 0.25) is 0 Å². The Morgan fingerprint density at radius 2 is 0.600 bits per heavy atom. The summed E-state index contributed by atoms with van der Waals surface area (Å²) in [7, 11) is 0. The zero-order valence-electron chi connectivity index (χ0n) is 21.1. The number of hydrogen-bond acceptors (Lipinski definition) is 10. The summed E-state index contributed by atoms with van der Waals surface area (Å²) in [6.45, 7) is 21.7. The summed E-state index contributed by atoms with van der Waals surface area (Å²) in [5.41, 5.74) is 1.39. The van der Waals surface area contributed by atoms with Gasteiger partial charge in [0, 0.05) is 22.3 Å². The van der Waals surface area contributed by atoms with Crippen molar-refractivity contribution in [2.24, 2.45) is 0 Å². The molecule has 0 spiro atoms. The van der Waals surface area contributed by atoms with Gasteiger partial charge in [-0.05, 0) is 27.7 Å². The van der Waals surface area contributed by atoms with Crippen LogP contribution in [0, 0.1) is 0 Å². The van der Waals surface area contributed by atoms with E-state index in [4.69, 9.17) is 28.4 Å². The van der Waals surface area contributed by atoms with Crippen LogP contribution < -0.4 is 0 Å². The second-order valence-corrected chi connectivity index (χ2v) is 6.89. The van der Waals surface area contributed by atoms with E-state index >= 15 is 0 Å². The number of carbonyl (C=O) groups excluding carboxylic acids is 4. The highest BCUT2D eigenvalue weighted by atomic mass is 16.6. The fraction of sp³-hybridized carbons (Fsp3) is 0.500. The van der Waals surface area contributed by atoms with E-state index in [0.717, 1.165) is 0 Å². The molecule has 0 aromatic carbocycles. The van der Waals surface area contributed by atoms with Crippen LogP contribution in [0.25, 0.3) is 0 Å². The lowest BCUT2D eigenvalue weighted by Gasteiger charge is -2.06. The van der Waals surface area contributed by atoms with Gasteiger partial charge in [-0.3, -0.25) is 0 Å². The molecule has 0 bridgehead atoms. The van der Waals surface area contributed by atoms with Crippen LogP contribution in [0.3, 0.4) is 0 Å². The average molecular weight is 503 g/mol. The molecule has 0 aromatic heterocycles. The van der Waals surface area contributed by atoms with E-state index in [0.29, 0.717) is 22.3 Å². The zero-order chi connectivity index (χ0) is 26.5. The van der Waals surface area contributed by atoms with Gasteiger partial charge in [-0.1, -0.05) is 26.3 Å². The van der Waals surface area contributed by atoms with E-state index in [9.17, 15) is 19.2 Å². The van der Waals surface area contributed by atoms with Gasteiger partial charge in [-0.15, -0.1) is 0 Å². The van der Waals surface area contributed by atoms with Crippen molar-refractivity contribution in [3.8, 4) is 0 Å². The molecule has 0 saturated carbocycles. The SMILES string of the molecule is C=C(C)C(=O)OCCOCCOC(=O)C(=C)C.C=C(C)C(=O)OCCOCCOC(=O)C(=C)C.O. The third kappa shape index (κ3) is 23.7. The first kappa shape index (κ1) is 36.3. The third-order valence-corrected chi connectivity index (χ3v) is 3.24. The quantitative estimate of drug-likeness (QED) is 0.132. The summed E-state index contributed by atoms with van der Waals surface area (Å²) >= 11 is 0. The number of hydrogen-bond donors (Lipinski definition) is 0. The molecule has 11 nitrogen and oxygen atoms in total. The molecule has 0 aromatic rings. The molecule has 0 atom stereocenters. The standard InChI is InChI=1S/2C12H18O5.H2O/c2*1-9(2)11(13)16-7-5-15-6-8-17-12(14)10(3)4;/h2*1,3,5-8H2,2,4H3;1H2. The second-order valence-electron chi connectivity index (χ2n) is 6.89. The fourth-order valence-corrected chi connectivity index (χ4v) is 1.47. The molecule has 200 valence electrons. The van der Waals surface area contributed by atoms with Crippen molar-refractivity contribution in [3.63, 3.8) is 0 Å². The summed E-state index contributed by atoms with van der Waals surface area (Å²) in [5, 5.41) is 0. The Balaban J connectivity index is -0.000000569. The lowest BCUT2D eigenvalue weighted by Crippen LogP contribution is -2.14. The lowest BCUT2D eigenvalue weighted by atomic mass is 10.4. The van der Waals surface area contributed by atoms with Crippen LogP contribution >= 0.6 is 0 Å². The van der Waals surface area contributed by atoms with Crippen molar-refractivity contribution in [2.75, 3.05) is 52.9 Å². The van der Waals surface area contributed by atoms with Crippen LogP contribution in [0.5, 0.6) is 0 Å². The van der Waals surface area contributed by atoms with Gasteiger partial charge in [0.25, 0.3) is 0 Å². The Labute approximate surface area is 206 Å².